The molecule has 0 atom stereocenters. The van der Waals surface area contributed by atoms with Crippen molar-refractivity contribution in [3.05, 3.63) is 35.4 Å². The first kappa shape index (κ1) is 13.2. The van der Waals surface area contributed by atoms with Crippen molar-refractivity contribution in [1.29, 1.82) is 0 Å². The first-order valence-electron chi connectivity index (χ1n) is 5.71. The smallest absolute Gasteiger partial charge is 0.240 e. The van der Waals surface area contributed by atoms with Crippen molar-refractivity contribution in [2.45, 2.75) is 25.8 Å². The van der Waals surface area contributed by atoms with Gasteiger partial charge >= 0.3 is 0 Å². The predicted octanol–water partition coefficient (Wildman–Crippen LogP) is 2.47. The topological polar surface area (TPSA) is 55.3 Å². The van der Waals surface area contributed by atoms with Crippen LogP contribution in [0.3, 0.4) is 0 Å². The summed E-state index contributed by atoms with van der Waals surface area (Å²) in [6.45, 7) is 3.30. The van der Waals surface area contributed by atoms with Crippen molar-refractivity contribution in [2.75, 3.05) is 13.3 Å². The molecule has 0 saturated carbocycles. The van der Waals surface area contributed by atoms with Crippen LogP contribution in [-0.4, -0.2) is 28.3 Å². The zero-order valence-electron chi connectivity index (χ0n) is 10.8. The number of hydrogen-bond acceptors (Lipinski definition) is 6. The van der Waals surface area contributed by atoms with Crippen LogP contribution in [0, 0.1) is 6.92 Å². The minimum absolute atomic E-state index is 0.626. The van der Waals surface area contributed by atoms with Gasteiger partial charge in [-0.1, -0.05) is 5.16 Å². The Hall–Kier alpha value is -1.27. The molecule has 0 bridgehead atoms. The average molecular weight is 267 g/mol. The zero-order valence-corrected chi connectivity index (χ0v) is 11.7. The first-order chi connectivity index (χ1) is 8.67. The number of hydrogen-bond donors (Lipinski definition) is 0. The minimum atomic E-state index is 0.626. The number of nitrogens with zero attached hydrogens (tertiary/aromatic N) is 3. The summed E-state index contributed by atoms with van der Waals surface area (Å²) in [6.07, 6.45) is 2.02. The van der Waals surface area contributed by atoms with Crippen LogP contribution in [-0.2, 0) is 18.8 Å². The maximum atomic E-state index is 5.52. The molecule has 0 fully saturated rings. The Kier molecular flexibility index (Phi) is 4.43. The Morgan fingerprint density at radius 2 is 2.17 bits per heavy atom. The van der Waals surface area contributed by atoms with Crippen molar-refractivity contribution in [3.8, 4) is 0 Å². The summed E-state index contributed by atoms with van der Waals surface area (Å²) in [5, 5.41) is 3.91. The van der Waals surface area contributed by atoms with Gasteiger partial charge in [0.1, 0.15) is 11.5 Å². The SMILES string of the molecule is CSCc1noc(CN(C)Cc2ccc(C)o2)n1. The Morgan fingerprint density at radius 1 is 1.33 bits per heavy atom. The summed E-state index contributed by atoms with van der Waals surface area (Å²) in [4.78, 5) is 6.39. The summed E-state index contributed by atoms with van der Waals surface area (Å²) >= 11 is 1.68. The van der Waals surface area contributed by atoms with Crippen LogP contribution in [0.5, 0.6) is 0 Å². The van der Waals surface area contributed by atoms with E-state index in [2.05, 4.69) is 15.0 Å². The van der Waals surface area contributed by atoms with Crippen LogP contribution in [0.1, 0.15) is 23.2 Å². The van der Waals surface area contributed by atoms with E-state index in [9.17, 15) is 0 Å². The number of aromatic nitrogens is 2. The van der Waals surface area contributed by atoms with E-state index in [-0.39, 0.29) is 0 Å². The van der Waals surface area contributed by atoms with Crippen molar-refractivity contribution >= 4 is 11.8 Å². The second-order valence-electron chi connectivity index (χ2n) is 4.22. The lowest BCUT2D eigenvalue weighted by Gasteiger charge is -2.11. The number of rotatable bonds is 6. The zero-order chi connectivity index (χ0) is 13.0. The molecule has 0 unspecified atom stereocenters. The summed E-state index contributed by atoms with van der Waals surface area (Å²) in [5.74, 6) is 4.05. The van der Waals surface area contributed by atoms with Gasteiger partial charge in [-0.2, -0.15) is 16.7 Å². The molecule has 0 amide bonds. The fourth-order valence-electron chi connectivity index (χ4n) is 1.67. The third-order valence-electron chi connectivity index (χ3n) is 2.41. The van der Waals surface area contributed by atoms with Gasteiger partial charge in [-0.25, -0.2) is 0 Å². The highest BCUT2D eigenvalue weighted by molar-refractivity contribution is 7.97. The van der Waals surface area contributed by atoms with Gasteiger partial charge in [-0.05, 0) is 32.4 Å². The lowest BCUT2D eigenvalue weighted by molar-refractivity contribution is 0.243. The van der Waals surface area contributed by atoms with E-state index in [1.54, 1.807) is 11.8 Å². The molecule has 0 aliphatic heterocycles. The largest absolute Gasteiger partial charge is 0.465 e. The third-order valence-corrected chi connectivity index (χ3v) is 2.96. The number of furan rings is 1. The van der Waals surface area contributed by atoms with Crippen LogP contribution in [0.4, 0.5) is 0 Å². The quantitative estimate of drug-likeness (QED) is 0.801. The highest BCUT2D eigenvalue weighted by Gasteiger charge is 2.10. The summed E-state index contributed by atoms with van der Waals surface area (Å²) < 4.78 is 10.7. The molecule has 2 rings (SSSR count). The van der Waals surface area contributed by atoms with Crippen LogP contribution < -0.4 is 0 Å². The monoisotopic (exact) mass is 267 g/mol. The average Bonchev–Trinajstić information content (AvgIpc) is 2.89. The molecule has 5 nitrogen and oxygen atoms in total. The molecular weight excluding hydrogens is 250 g/mol. The van der Waals surface area contributed by atoms with Crippen molar-refractivity contribution in [1.82, 2.24) is 15.0 Å². The van der Waals surface area contributed by atoms with E-state index in [4.69, 9.17) is 8.94 Å². The number of aryl methyl sites for hydroxylation is 1. The molecule has 6 heteroatoms. The van der Waals surface area contributed by atoms with Crippen LogP contribution in [0.2, 0.25) is 0 Å². The second-order valence-corrected chi connectivity index (χ2v) is 5.09. The fourth-order valence-corrected chi connectivity index (χ4v) is 2.04. The normalized spacial score (nSPS) is 11.3. The molecule has 98 valence electrons. The van der Waals surface area contributed by atoms with E-state index < -0.39 is 0 Å². The third kappa shape index (κ3) is 3.61. The van der Waals surface area contributed by atoms with Crippen LogP contribution in [0.25, 0.3) is 0 Å². The Labute approximate surface area is 111 Å². The maximum Gasteiger partial charge on any atom is 0.240 e. The Balaban J connectivity index is 1.88. The van der Waals surface area contributed by atoms with Gasteiger partial charge in [-0.15, -0.1) is 0 Å². The highest BCUT2D eigenvalue weighted by Crippen LogP contribution is 2.11. The van der Waals surface area contributed by atoms with Gasteiger partial charge in [0.05, 0.1) is 18.8 Å². The molecule has 2 heterocycles. The van der Waals surface area contributed by atoms with Gasteiger partial charge in [0.15, 0.2) is 5.82 Å². The van der Waals surface area contributed by atoms with Gasteiger partial charge in [0, 0.05) is 0 Å². The molecule has 0 aromatic carbocycles. The Bertz CT molecular complexity index is 495. The molecule has 2 aromatic heterocycles. The molecule has 0 aliphatic carbocycles. The second kappa shape index (κ2) is 6.06. The van der Waals surface area contributed by atoms with Crippen molar-refractivity contribution < 1.29 is 8.94 Å². The van der Waals surface area contributed by atoms with Gasteiger partial charge in [0.25, 0.3) is 0 Å². The van der Waals surface area contributed by atoms with E-state index >= 15 is 0 Å². The van der Waals surface area contributed by atoms with E-state index in [0.29, 0.717) is 12.4 Å². The van der Waals surface area contributed by atoms with Gasteiger partial charge in [-0.3, -0.25) is 4.90 Å². The predicted molar refractivity (Wildman–Crippen MR) is 70.1 cm³/mol. The molecule has 0 saturated heterocycles. The molecule has 0 N–H and O–H groups in total. The number of thioether (sulfide) groups is 1. The van der Waals surface area contributed by atoms with E-state index in [1.165, 1.54) is 0 Å². The summed E-state index contributed by atoms with van der Waals surface area (Å²) in [7, 11) is 2.00. The summed E-state index contributed by atoms with van der Waals surface area (Å²) in [6, 6.07) is 3.95. The van der Waals surface area contributed by atoms with Crippen molar-refractivity contribution in [2.24, 2.45) is 0 Å². The Morgan fingerprint density at radius 3 is 2.83 bits per heavy atom. The molecular formula is C12H17N3O2S. The summed E-state index contributed by atoms with van der Waals surface area (Å²) in [5.41, 5.74) is 0. The standard InChI is InChI=1S/C12H17N3O2S/c1-9-4-5-10(16-9)6-15(2)7-12-13-11(8-18-3)14-17-12/h4-5H,6-8H2,1-3H3. The van der Waals surface area contributed by atoms with Crippen LogP contribution in [0.15, 0.2) is 21.1 Å². The lowest BCUT2D eigenvalue weighted by atomic mass is 10.4. The first-order valence-corrected chi connectivity index (χ1v) is 7.11. The van der Waals surface area contributed by atoms with E-state index in [0.717, 1.165) is 29.6 Å². The van der Waals surface area contributed by atoms with Crippen molar-refractivity contribution in [3.63, 3.8) is 0 Å². The van der Waals surface area contributed by atoms with Gasteiger partial charge < -0.3 is 8.94 Å². The molecule has 2 aromatic rings. The maximum absolute atomic E-state index is 5.52. The van der Waals surface area contributed by atoms with Gasteiger partial charge in [0.2, 0.25) is 5.89 Å². The lowest BCUT2D eigenvalue weighted by Crippen LogP contribution is -2.17. The molecule has 0 radical (unpaired) electrons. The molecule has 0 spiro atoms. The van der Waals surface area contributed by atoms with Crippen LogP contribution >= 0.6 is 11.8 Å². The molecule has 18 heavy (non-hydrogen) atoms. The molecule has 0 aliphatic rings. The fraction of sp³-hybridized carbons (Fsp3) is 0.500. The van der Waals surface area contributed by atoms with E-state index in [1.807, 2.05) is 32.4 Å². The minimum Gasteiger partial charge on any atom is -0.465 e. The highest BCUT2D eigenvalue weighted by atomic mass is 32.2.